The minimum atomic E-state index is 0.328. The highest BCUT2D eigenvalue weighted by atomic mass is 79.9. The topological polar surface area (TPSA) is 32.3 Å². The number of hydrogen-bond donors (Lipinski definition) is 2. The average molecular weight is 292 g/mol. The van der Waals surface area contributed by atoms with Gasteiger partial charge in [-0.25, -0.2) is 0 Å². The lowest BCUT2D eigenvalue weighted by atomic mass is 10.2. The van der Waals surface area contributed by atoms with E-state index in [9.17, 15) is 5.11 Å². The van der Waals surface area contributed by atoms with Crippen LogP contribution in [0.5, 0.6) is 5.75 Å². The fourth-order valence-corrected chi connectivity index (χ4v) is 2.04. The van der Waals surface area contributed by atoms with Crippen molar-refractivity contribution in [1.82, 2.24) is 5.32 Å². The number of nitrogens with one attached hydrogen (secondary N) is 1. The molecule has 0 aliphatic rings. The van der Waals surface area contributed by atoms with Gasteiger partial charge in [-0.15, -0.1) is 0 Å². The third kappa shape index (κ3) is 3.58. The zero-order valence-electron chi connectivity index (χ0n) is 9.36. The van der Waals surface area contributed by atoms with E-state index in [1.54, 1.807) is 6.07 Å². The summed E-state index contributed by atoms with van der Waals surface area (Å²) in [6.07, 6.45) is 0. The molecule has 17 heavy (non-hydrogen) atoms. The molecule has 2 nitrogen and oxygen atoms in total. The van der Waals surface area contributed by atoms with Crippen molar-refractivity contribution < 1.29 is 5.11 Å². The van der Waals surface area contributed by atoms with E-state index in [1.807, 2.05) is 30.3 Å². The maximum Gasteiger partial charge on any atom is 0.120 e. The molecule has 0 aliphatic heterocycles. The van der Waals surface area contributed by atoms with Crippen molar-refractivity contribution in [3.05, 3.63) is 64.1 Å². The van der Waals surface area contributed by atoms with E-state index in [2.05, 4.69) is 33.4 Å². The molecule has 0 fully saturated rings. The summed E-state index contributed by atoms with van der Waals surface area (Å²) < 4.78 is 0.979. The highest BCUT2D eigenvalue weighted by molar-refractivity contribution is 9.10. The van der Waals surface area contributed by atoms with E-state index in [4.69, 9.17) is 0 Å². The van der Waals surface area contributed by atoms with Crippen LogP contribution in [-0.4, -0.2) is 5.11 Å². The van der Waals surface area contributed by atoms with Gasteiger partial charge in [-0.05, 0) is 23.8 Å². The summed E-state index contributed by atoms with van der Waals surface area (Å²) in [6.45, 7) is 1.45. The van der Waals surface area contributed by atoms with Crippen LogP contribution >= 0.6 is 15.9 Å². The molecule has 0 radical (unpaired) electrons. The van der Waals surface area contributed by atoms with Gasteiger partial charge in [-0.3, -0.25) is 0 Å². The number of hydrogen-bond acceptors (Lipinski definition) is 2. The van der Waals surface area contributed by atoms with E-state index < -0.39 is 0 Å². The highest BCUT2D eigenvalue weighted by Gasteiger charge is 2.01. The number of aromatic hydroxyl groups is 1. The molecule has 2 aromatic carbocycles. The van der Waals surface area contributed by atoms with Gasteiger partial charge in [0.15, 0.2) is 0 Å². The molecule has 2 rings (SSSR count). The maximum atomic E-state index is 9.67. The zero-order chi connectivity index (χ0) is 12.1. The fraction of sp³-hybridized carbons (Fsp3) is 0.143. The first kappa shape index (κ1) is 12.1. The molecular formula is C14H14BrNO. The average Bonchev–Trinajstić information content (AvgIpc) is 2.35. The largest absolute Gasteiger partial charge is 0.508 e. The Morgan fingerprint density at radius 3 is 2.53 bits per heavy atom. The molecular weight excluding hydrogens is 278 g/mol. The van der Waals surface area contributed by atoms with Crippen molar-refractivity contribution in [2.24, 2.45) is 0 Å². The van der Waals surface area contributed by atoms with Crippen LogP contribution in [0, 0.1) is 0 Å². The predicted molar refractivity (Wildman–Crippen MR) is 72.8 cm³/mol. The van der Waals surface area contributed by atoms with Crippen molar-refractivity contribution in [2.75, 3.05) is 0 Å². The van der Waals surface area contributed by atoms with Crippen molar-refractivity contribution >= 4 is 15.9 Å². The summed E-state index contributed by atoms with van der Waals surface area (Å²) in [7, 11) is 0. The molecule has 0 aromatic heterocycles. The normalized spacial score (nSPS) is 10.4. The Labute approximate surface area is 109 Å². The molecule has 0 bridgehead atoms. The van der Waals surface area contributed by atoms with Crippen LogP contribution in [-0.2, 0) is 13.1 Å². The van der Waals surface area contributed by atoms with Gasteiger partial charge in [0, 0.05) is 23.1 Å². The second-order valence-electron chi connectivity index (χ2n) is 3.86. The first-order chi connectivity index (χ1) is 8.25. The summed E-state index contributed by atoms with van der Waals surface area (Å²) in [5.74, 6) is 0.328. The van der Waals surface area contributed by atoms with Gasteiger partial charge in [0.2, 0.25) is 0 Å². The van der Waals surface area contributed by atoms with E-state index in [1.165, 1.54) is 5.56 Å². The lowest BCUT2D eigenvalue weighted by Gasteiger charge is -2.07. The van der Waals surface area contributed by atoms with Crippen LogP contribution in [0.2, 0.25) is 0 Å². The Bertz CT molecular complexity index is 485. The first-order valence-electron chi connectivity index (χ1n) is 5.48. The monoisotopic (exact) mass is 291 g/mol. The smallest absolute Gasteiger partial charge is 0.120 e. The van der Waals surface area contributed by atoms with Crippen molar-refractivity contribution in [3.63, 3.8) is 0 Å². The fourth-order valence-electron chi connectivity index (χ4n) is 1.63. The quantitative estimate of drug-likeness (QED) is 0.904. The molecule has 0 saturated carbocycles. The molecule has 0 atom stereocenters. The van der Waals surface area contributed by atoms with Gasteiger partial charge < -0.3 is 10.4 Å². The standard InChI is InChI=1S/C14H14BrNO/c15-13-6-7-14(17)12(8-13)10-16-9-11-4-2-1-3-5-11/h1-8,16-17H,9-10H2. The van der Waals surface area contributed by atoms with Crippen LogP contribution < -0.4 is 5.32 Å². The first-order valence-corrected chi connectivity index (χ1v) is 6.27. The van der Waals surface area contributed by atoms with Gasteiger partial charge in [0.05, 0.1) is 0 Å². The molecule has 0 unspecified atom stereocenters. The van der Waals surface area contributed by atoms with E-state index in [0.717, 1.165) is 16.6 Å². The summed E-state index contributed by atoms with van der Waals surface area (Å²) in [5.41, 5.74) is 2.14. The lowest BCUT2D eigenvalue weighted by Crippen LogP contribution is -2.12. The summed E-state index contributed by atoms with van der Waals surface area (Å²) in [4.78, 5) is 0. The molecule has 2 N–H and O–H groups in total. The number of benzene rings is 2. The molecule has 0 amide bonds. The van der Waals surface area contributed by atoms with E-state index in [-0.39, 0.29) is 0 Å². The van der Waals surface area contributed by atoms with Crippen molar-refractivity contribution in [2.45, 2.75) is 13.1 Å². The maximum absolute atomic E-state index is 9.67. The van der Waals surface area contributed by atoms with Gasteiger partial charge in [0.1, 0.15) is 5.75 Å². The minimum Gasteiger partial charge on any atom is -0.508 e. The van der Waals surface area contributed by atoms with Crippen molar-refractivity contribution in [1.29, 1.82) is 0 Å². The second kappa shape index (κ2) is 5.84. The number of rotatable bonds is 4. The molecule has 0 saturated heterocycles. The Hall–Kier alpha value is -1.32. The Morgan fingerprint density at radius 1 is 1.00 bits per heavy atom. The molecule has 0 spiro atoms. The lowest BCUT2D eigenvalue weighted by molar-refractivity contribution is 0.464. The van der Waals surface area contributed by atoms with E-state index in [0.29, 0.717) is 12.3 Å². The molecule has 3 heteroatoms. The summed E-state index contributed by atoms with van der Waals surface area (Å²) in [6, 6.07) is 15.7. The van der Waals surface area contributed by atoms with Crippen LogP contribution in [0.1, 0.15) is 11.1 Å². The minimum absolute atomic E-state index is 0.328. The molecule has 2 aromatic rings. The highest BCUT2D eigenvalue weighted by Crippen LogP contribution is 2.21. The number of halogens is 1. The zero-order valence-corrected chi connectivity index (χ0v) is 10.9. The van der Waals surface area contributed by atoms with Crippen LogP contribution in [0.3, 0.4) is 0 Å². The van der Waals surface area contributed by atoms with Gasteiger partial charge in [0.25, 0.3) is 0 Å². The van der Waals surface area contributed by atoms with Crippen LogP contribution in [0.4, 0.5) is 0 Å². The van der Waals surface area contributed by atoms with Crippen LogP contribution in [0.25, 0.3) is 0 Å². The Kier molecular flexibility index (Phi) is 4.18. The van der Waals surface area contributed by atoms with Crippen LogP contribution in [0.15, 0.2) is 53.0 Å². The summed E-state index contributed by atoms with van der Waals surface area (Å²) >= 11 is 3.39. The second-order valence-corrected chi connectivity index (χ2v) is 4.78. The Morgan fingerprint density at radius 2 is 1.76 bits per heavy atom. The van der Waals surface area contributed by atoms with Gasteiger partial charge in [-0.2, -0.15) is 0 Å². The van der Waals surface area contributed by atoms with Gasteiger partial charge in [-0.1, -0.05) is 46.3 Å². The van der Waals surface area contributed by atoms with Gasteiger partial charge >= 0.3 is 0 Å². The Balaban J connectivity index is 1.92. The number of phenolic OH excluding ortho intramolecular Hbond substituents is 1. The summed E-state index contributed by atoms with van der Waals surface area (Å²) in [5, 5.41) is 13.0. The van der Waals surface area contributed by atoms with E-state index >= 15 is 0 Å². The number of phenols is 1. The SMILES string of the molecule is Oc1ccc(Br)cc1CNCc1ccccc1. The molecule has 0 heterocycles. The van der Waals surface area contributed by atoms with Crippen molar-refractivity contribution in [3.8, 4) is 5.75 Å². The third-order valence-corrected chi connectivity index (χ3v) is 3.02. The predicted octanol–water partition coefficient (Wildman–Crippen LogP) is 3.44. The molecule has 0 aliphatic carbocycles. The third-order valence-electron chi connectivity index (χ3n) is 2.53. The molecule has 88 valence electrons.